The lowest BCUT2D eigenvalue weighted by atomic mass is 10.2. The molecule has 0 aliphatic carbocycles. The summed E-state index contributed by atoms with van der Waals surface area (Å²) >= 11 is 0. The molecular formula is C19H21N3O3S. The maximum atomic E-state index is 12.5. The quantitative estimate of drug-likeness (QED) is 0.661. The highest BCUT2D eigenvalue weighted by Crippen LogP contribution is 2.15. The summed E-state index contributed by atoms with van der Waals surface area (Å²) in [5, 5.41) is 4.15. The van der Waals surface area contributed by atoms with Crippen molar-refractivity contribution in [3.8, 4) is 5.75 Å². The fourth-order valence-corrected chi connectivity index (χ4v) is 3.48. The van der Waals surface area contributed by atoms with E-state index in [0.29, 0.717) is 13.2 Å². The molecular weight excluding hydrogens is 350 g/mol. The zero-order valence-corrected chi connectivity index (χ0v) is 15.3. The number of rotatable bonds is 8. The largest absolute Gasteiger partial charge is 0.494 e. The standard InChI is InChI=1S/C19H21N3O3S/c1-2-25-18-10-6-9-17(11-18)12-21-26(23,24)19-13-20-22(15-19)14-16-7-4-3-5-8-16/h3-11,13,15,21H,2,12,14H2,1H3. The van der Waals surface area contributed by atoms with E-state index in [4.69, 9.17) is 4.74 Å². The zero-order chi connectivity index (χ0) is 18.4. The molecule has 7 heteroatoms. The summed E-state index contributed by atoms with van der Waals surface area (Å²) in [7, 11) is -3.63. The Morgan fingerprint density at radius 2 is 1.85 bits per heavy atom. The molecule has 0 atom stereocenters. The Morgan fingerprint density at radius 1 is 1.08 bits per heavy atom. The van der Waals surface area contributed by atoms with Gasteiger partial charge in [0.05, 0.1) is 19.3 Å². The van der Waals surface area contributed by atoms with Gasteiger partial charge < -0.3 is 4.74 Å². The number of nitrogens with one attached hydrogen (secondary N) is 1. The number of ether oxygens (including phenoxy) is 1. The molecule has 3 rings (SSSR count). The van der Waals surface area contributed by atoms with Crippen molar-refractivity contribution >= 4 is 10.0 Å². The molecule has 3 aromatic rings. The molecule has 2 aromatic carbocycles. The molecule has 0 saturated carbocycles. The van der Waals surface area contributed by atoms with Crippen LogP contribution in [-0.2, 0) is 23.1 Å². The highest BCUT2D eigenvalue weighted by Gasteiger charge is 2.16. The maximum absolute atomic E-state index is 12.5. The molecule has 1 aromatic heterocycles. The second-order valence-corrected chi connectivity index (χ2v) is 7.53. The molecule has 136 valence electrons. The fraction of sp³-hybridized carbons (Fsp3) is 0.211. The van der Waals surface area contributed by atoms with Crippen LogP contribution in [0.4, 0.5) is 0 Å². The van der Waals surface area contributed by atoms with E-state index in [1.165, 1.54) is 12.4 Å². The minimum Gasteiger partial charge on any atom is -0.494 e. The van der Waals surface area contributed by atoms with E-state index in [2.05, 4.69) is 9.82 Å². The Bertz CT molecular complexity index is 953. The number of hydrogen-bond acceptors (Lipinski definition) is 4. The summed E-state index contributed by atoms with van der Waals surface area (Å²) in [5.74, 6) is 0.722. The van der Waals surface area contributed by atoms with E-state index in [9.17, 15) is 8.42 Å². The Labute approximate surface area is 153 Å². The Morgan fingerprint density at radius 3 is 2.62 bits per heavy atom. The molecule has 0 radical (unpaired) electrons. The highest BCUT2D eigenvalue weighted by atomic mass is 32.2. The van der Waals surface area contributed by atoms with Gasteiger partial charge in [-0.05, 0) is 30.2 Å². The molecule has 0 saturated heterocycles. The summed E-state index contributed by atoms with van der Waals surface area (Å²) in [6.07, 6.45) is 2.90. The Balaban J connectivity index is 1.66. The number of nitrogens with zero attached hydrogens (tertiary/aromatic N) is 2. The second-order valence-electron chi connectivity index (χ2n) is 5.76. The van der Waals surface area contributed by atoms with Gasteiger partial charge in [0, 0.05) is 12.7 Å². The van der Waals surface area contributed by atoms with Crippen molar-refractivity contribution in [3.05, 3.63) is 78.1 Å². The summed E-state index contributed by atoms with van der Waals surface area (Å²) in [6, 6.07) is 17.1. The van der Waals surface area contributed by atoms with Crippen LogP contribution in [0.3, 0.4) is 0 Å². The van der Waals surface area contributed by atoms with Gasteiger partial charge in [-0.1, -0.05) is 42.5 Å². The topological polar surface area (TPSA) is 73.2 Å². The summed E-state index contributed by atoms with van der Waals surface area (Å²) < 4.78 is 34.6. The van der Waals surface area contributed by atoms with Crippen molar-refractivity contribution in [1.29, 1.82) is 0 Å². The van der Waals surface area contributed by atoms with Crippen LogP contribution in [0.15, 0.2) is 71.9 Å². The molecule has 1 N–H and O–H groups in total. The monoisotopic (exact) mass is 371 g/mol. The van der Waals surface area contributed by atoms with Crippen molar-refractivity contribution in [2.75, 3.05) is 6.61 Å². The third-order valence-electron chi connectivity index (χ3n) is 3.78. The van der Waals surface area contributed by atoms with Gasteiger partial charge in [0.15, 0.2) is 0 Å². The highest BCUT2D eigenvalue weighted by molar-refractivity contribution is 7.89. The molecule has 0 aliphatic heterocycles. The SMILES string of the molecule is CCOc1cccc(CNS(=O)(=O)c2cnn(Cc3ccccc3)c2)c1. The molecule has 0 amide bonds. The molecule has 0 fully saturated rings. The summed E-state index contributed by atoms with van der Waals surface area (Å²) in [4.78, 5) is 0.148. The van der Waals surface area contributed by atoms with Gasteiger partial charge >= 0.3 is 0 Å². The first-order chi connectivity index (χ1) is 12.6. The van der Waals surface area contributed by atoms with Crippen LogP contribution in [0.2, 0.25) is 0 Å². The number of hydrogen-bond donors (Lipinski definition) is 1. The predicted octanol–water partition coefficient (Wildman–Crippen LogP) is 2.81. The van der Waals surface area contributed by atoms with Crippen LogP contribution in [0.1, 0.15) is 18.1 Å². The lowest BCUT2D eigenvalue weighted by Gasteiger charge is -2.07. The van der Waals surface area contributed by atoms with Gasteiger partial charge in [-0.25, -0.2) is 13.1 Å². The van der Waals surface area contributed by atoms with Crippen LogP contribution >= 0.6 is 0 Å². The van der Waals surface area contributed by atoms with Crippen molar-refractivity contribution in [2.24, 2.45) is 0 Å². The summed E-state index contributed by atoms with van der Waals surface area (Å²) in [6.45, 7) is 3.18. The number of sulfonamides is 1. The van der Waals surface area contributed by atoms with Crippen LogP contribution in [0.25, 0.3) is 0 Å². The van der Waals surface area contributed by atoms with E-state index >= 15 is 0 Å². The zero-order valence-electron chi connectivity index (χ0n) is 14.5. The fourth-order valence-electron chi connectivity index (χ4n) is 2.51. The Hall–Kier alpha value is -2.64. The average molecular weight is 371 g/mol. The summed E-state index contributed by atoms with van der Waals surface area (Å²) in [5.41, 5.74) is 1.89. The Kier molecular flexibility index (Phi) is 5.70. The molecule has 0 aliphatic rings. The van der Waals surface area contributed by atoms with Gasteiger partial charge in [0.2, 0.25) is 10.0 Å². The number of aromatic nitrogens is 2. The normalized spacial score (nSPS) is 11.4. The van der Waals surface area contributed by atoms with Crippen LogP contribution < -0.4 is 9.46 Å². The predicted molar refractivity (Wildman–Crippen MR) is 99.4 cm³/mol. The van der Waals surface area contributed by atoms with Gasteiger partial charge in [-0.2, -0.15) is 5.10 Å². The minimum atomic E-state index is -3.63. The van der Waals surface area contributed by atoms with Gasteiger partial charge in [0.1, 0.15) is 10.6 Å². The first-order valence-corrected chi connectivity index (χ1v) is 9.83. The first kappa shape index (κ1) is 18.2. The van der Waals surface area contributed by atoms with Crippen molar-refractivity contribution in [1.82, 2.24) is 14.5 Å². The lowest BCUT2D eigenvalue weighted by molar-refractivity contribution is 0.340. The van der Waals surface area contributed by atoms with E-state index in [1.54, 1.807) is 4.68 Å². The minimum absolute atomic E-state index is 0.148. The molecule has 0 bridgehead atoms. The van der Waals surface area contributed by atoms with Crippen LogP contribution in [0.5, 0.6) is 5.75 Å². The van der Waals surface area contributed by atoms with Gasteiger partial charge in [-0.15, -0.1) is 0 Å². The molecule has 1 heterocycles. The lowest BCUT2D eigenvalue weighted by Crippen LogP contribution is -2.22. The first-order valence-electron chi connectivity index (χ1n) is 8.34. The van der Waals surface area contributed by atoms with E-state index in [0.717, 1.165) is 16.9 Å². The van der Waals surface area contributed by atoms with E-state index in [-0.39, 0.29) is 11.4 Å². The van der Waals surface area contributed by atoms with Crippen LogP contribution in [-0.4, -0.2) is 24.8 Å². The van der Waals surface area contributed by atoms with E-state index in [1.807, 2.05) is 61.5 Å². The van der Waals surface area contributed by atoms with Crippen LogP contribution in [0, 0.1) is 0 Å². The molecule has 0 spiro atoms. The smallest absolute Gasteiger partial charge is 0.243 e. The molecule has 0 unspecified atom stereocenters. The third-order valence-corrected chi connectivity index (χ3v) is 5.14. The average Bonchev–Trinajstić information content (AvgIpc) is 3.11. The van der Waals surface area contributed by atoms with Crippen molar-refractivity contribution in [3.63, 3.8) is 0 Å². The van der Waals surface area contributed by atoms with E-state index < -0.39 is 10.0 Å². The molecule has 26 heavy (non-hydrogen) atoms. The number of benzene rings is 2. The maximum Gasteiger partial charge on any atom is 0.243 e. The third kappa shape index (κ3) is 4.71. The second kappa shape index (κ2) is 8.16. The van der Waals surface area contributed by atoms with Crippen molar-refractivity contribution < 1.29 is 13.2 Å². The van der Waals surface area contributed by atoms with Crippen molar-refractivity contribution in [2.45, 2.75) is 24.9 Å². The van der Waals surface area contributed by atoms with Gasteiger partial charge in [0.25, 0.3) is 0 Å². The molecule has 6 nitrogen and oxygen atoms in total. The van der Waals surface area contributed by atoms with Gasteiger partial charge in [-0.3, -0.25) is 4.68 Å².